The number of piperidine rings is 1. The zero-order valence-electron chi connectivity index (χ0n) is 11.9. The van der Waals surface area contributed by atoms with Crippen molar-refractivity contribution >= 4 is 0 Å². The van der Waals surface area contributed by atoms with E-state index in [9.17, 15) is 0 Å². The average Bonchev–Trinajstić information content (AvgIpc) is 2.39. The van der Waals surface area contributed by atoms with Crippen LogP contribution in [0.2, 0.25) is 0 Å². The minimum Gasteiger partial charge on any atom is -0.314 e. The molecule has 0 saturated carbocycles. The molecule has 1 aliphatic heterocycles. The van der Waals surface area contributed by atoms with E-state index in [4.69, 9.17) is 0 Å². The molecule has 1 saturated heterocycles. The third-order valence-corrected chi connectivity index (χ3v) is 4.37. The van der Waals surface area contributed by atoms with Crippen molar-refractivity contribution in [1.82, 2.24) is 20.2 Å². The first-order valence-corrected chi connectivity index (χ1v) is 6.76. The van der Waals surface area contributed by atoms with Crippen LogP contribution in [0.1, 0.15) is 44.1 Å². The van der Waals surface area contributed by atoms with Gasteiger partial charge in [-0.2, -0.15) is 0 Å². The normalized spacial score (nSPS) is 21.8. The summed E-state index contributed by atoms with van der Waals surface area (Å²) >= 11 is 0. The summed E-state index contributed by atoms with van der Waals surface area (Å²) < 4.78 is 0. The molecule has 0 amide bonds. The van der Waals surface area contributed by atoms with Gasteiger partial charge in [0.25, 0.3) is 0 Å². The molecule has 2 rings (SSSR count). The van der Waals surface area contributed by atoms with Gasteiger partial charge in [0.2, 0.25) is 0 Å². The fourth-order valence-corrected chi connectivity index (χ4v) is 2.66. The lowest BCUT2D eigenvalue weighted by molar-refractivity contribution is 0.115. The zero-order valence-corrected chi connectivity index (χ0v) is 11.9. The molecule has 1 fully saturated rings. The predicted octanol–water partition coefficient (Wildman–Crippen LogP) is 1.92. The summed E-state index contributed by atoms with van der Waals surface area (Å²) in [6.07, 6.45) is 5.93. The molecule has 4 nitrogen and oxygen atoms in total. The molecule has 4 heteroatoms. The zero-order chi connectivity index (χ0) is 13.2. The SMILES string of the molecule is CNC1(C)CCN(C(C)c2nccnc2C)CC1. The molecule has 0 aromatic carbocycles. The van der Waals surface area contributed by atoms with Crippen LogP contribution in [0.5, 0.6) is 0 Å². The van der Waals surface area contributed by atoms with Gasteiger partial charge in [0.15, 0.2) is 0 Å². The maximum absolute atomic E-state index is 4.49. The van der Waals surface area contributed by atoms with E-state index in [1.165, 1.54) is 12.8 Å². The van der Waals surface area contributed by atoms with Gasteiger partial charge in [-0.05, 0) is 40.7 Å². The maximum Gasteiger partial charge on any atom is 0.0784 e. The van der Waals surface area contributed by atoms with E-state index < -0.39 is 0 Å². The molecule has 0 aliphatic carbocycles. The van der Waals surface area contributed by atoms with E-state index in [-0.39, 0.29) is 0 Å². The van der Waals surface area contributed by atoms with Crippen LogP contribution in [0.4, 0.5) is 0 Å². The topological polar surface area (TPSA) is 41.0 Å². The Hall–Kier alpha value is -1.00. The van der Waals surface area contributed by atoms with Crippen LogP contribution in [0.3, 0.4) is 0 Å². The standard InChI is InChI=1S/C14H24N4/c1-11-13(17-8-7-16-11)12(2)18-9-5-14(3,15-4)6-10-18/h7-8,12,15H,5-6,9-10H2,1-4H3. The highest BCUT2D eigenvalue weighted by atomic mass is 15.2. The van der Waals surface area contributed by atoms with Crippen LogP contribution in [-0.4, -0.2) is 40.5 Å². The van der Waals surface area contributed by atoms with E-state index >= 15 is 0 Å². The Kier molecular flexibility index (Phi) is 3.97. The summed E-state index contributed by atoms with van der Waals surface area (Å²) in [5.74, 6) is 0. The summed E-state index contributed by atoms with van der Waals surface area (Å²) in [6.45, 7) is 8.82. The minimum atomic E-state index is 0.299. The molecule has 1 N–H and O–H groups in total. The summed E-state index contributed by atoms with van der Waals surface area (Å²) in [7, 11) is 2.06. The van der Waals surface area contributed by atoms with Gasteiger partial charge in [-0.1, -0.05) is 0 Å². The van der Waals surface area contributed by atoms with Crippen molar-refractivity contribution in [2.24, 2.45) is 0 Å². The minimum absolute atomic E-state index is 0.299. The van der Waals surface area contributed by atoms with Crippen LogP contribution in [0.25, 0.3) is 0 Å². The molecule has 0 spiro atoms. The number of hydrogen-bond acceptors (Lipinski definition) is 4. The predicted molar refractivity (Wildman–Crippen MR) is 73.5 cm³/mol. The number of nitrogens with one attached hydrogen (secondary N) is 1. The van der Waals surface area contributed by atoms with Gasteiger partial charge in [0, 0.05) is 31.0 Å². The number of nitrogens with zero attached hydrogens (tertiary/aromatic N) is 3. The van der Waals surface area contributed by atoms with Crippen LogP contribution in [0.15, 0.2) is 12.4 Å². The van der Waals surface area contributed by atoms with Crippen molar-refractivity contribution in [3.05, 3.63) is 23.8 Å². The van der Waals surface area contributed by atoms with Crippen LogP contribution >= 0.6 is 0 Å². The monoisotopic (exact) mass is 248 g/mol. The maximum atomic E-state index is 4.49. The van der Waals surface area contributed by atoms with Gasteiger partial charge in [-0.15, -0.1) is 0 Å². The second kappa shape index (κ2) is 5.33. The lowest BCUT2D eigenvalue weighted by atomic mass is 9.89. The summed E-state index contributed by atoms with van der Waals surface area (Å²) in [4.78, 5) is 11.3. The van der Waals surface area contributed by atoms with Crippen molar-refractivity contribution in [3.8, 4) is 0 Å². The van der Waals surface area contributed by atoms with E-state index in [2.05, 4.69) is 41.1 Å². The van der Waals surface area contributed by atoms with Crippen molar-refractivity contribution in [1.29, 1.82) is 0 Å². The second-order valence-corrected chi connectivity index (χ2v) is 5.55. The van der Waals surface area contributed by atoms with E-state index in [0.29, 0.717) is 11.6 Å². The van der Waals surface area contributed by atoms with Gasteiger partial charge < -0.3 is 5.32 Å². The largest absolute Gasteiger partial charge is 0.314 e. The lowest BCUT2D eigenvalue weighted by Crippen LogP contribution is -2.50. The molecule has 2 heterocycles. The van der Waals surface area contributed by atoms with Gasteiger partial charge in [0.05, 0.1) is 17.4 Å². The molecule has 1 atom stereocenters. The first kappa shape index (κ1) is 13.4. The van der Waals surface area contributed by atoms with E-state index in [0.717, 1.165) is 24.5 Å². The fraction of sp³-hybridized carbons (Fsp3) is 0.714. The molecule has 100 valence electrons. The Morgan fingerprint density at radius 1 is 1.28 bits per heavy atom. The summed E-state index contributed by atoms with van der Waals surface area (Å²) in [5, 5.41) is 3.44. The van der Waals surface area contributed by atoms with Gasteiger partial charge in [-0.25, -0.2) is 0 Å². The number of hydrogen-bond donors (Lipinski definition) is 1. The van der Waals surface area contributed by atoms with Crippen molar-refractivity contribution < 1.29 is 0 Å². The highest BCUT2D eigenvalue weighted by Gasteiger charge is 2.31. The van der Waals surface area contributed by atoms with Crippen molar-refractivity contribution in [2.75, 3.05) is 20.1 Å². The Bertz CT molecular complexity index is 397. The molecule has 1 aromatic heterocycles. The Morgan fingerprint density at radius 2 is 1.89 bits per heavy atom. The molecule has 1 aliphatic rings. The Balaban J connectivity index is 2.04. The van der Waals surface area contributed by atoms with E-state index in [1.54, 1.807) is 12.4 Å². The van der Waals surface area contributed by atoms with Crippen molar-refractivity contribution in [3.63, 3.8) is 0 Å². The van der Waals surface area contributed by atoms with Crippen LogP contribution < -0.4 is 5.32 Å². The van der Waals surface area contributed by atoms with E-state index in [1.807, 2.05) is 6.92 Å². The first-order chi connectivity index (χ1) is 8.56. The number of aryl methyl sites for hydroxylation is 1. The number of rotatable bonds is 3. The molecule has 0 radical (unpaired) electrons. The average molecular weight is 248 g/mol. The third-order valence-electron chi connectivity index (χ3n) is 4.37. The third kappa shape index (κ3) is 2.70. The molecule has 1 aromatic rings. The quantitative estimate of drug-likeness (QED) is 0.887. The van der Waals surface area contributed by atoms with Gasteiger partial charge in [0.1, 0.15) is 0 Å². The Labute approximate surface area is 110 Å². The second-order valence-electron chi connectivity index (χ2n) is 5.55. The van der Waals surface area contributed by atoms with Gasteiger partial charge >= 0.3 is 0 Å². The molecule has 0 bridgehead atoms. The van der Waals surface area contributed by atoms with Crippen molar-refractivity contribution in [2.45, 2.75) is 45.2 Å². The van der Waals surface area contributed by atoms with Crippen LogP contribution in [0, 0.1) is 6.92 Å². The molecular weight excluding hydrogens is 224 g/mol. The molecular formula is C14H24N4. The summed E-state index contributed by atoms with van der Waals surface area (Å²) in [5.41, 5.74) is 2.46. The highest BCUT2D eigenvalue weighted by molar-refractivity contribution is 5.13. The smallest absolute Gasteiger partial charge is 0.0784 e. The highest BCUT2D eigenvalue weighted by Crippen LogP contribution is 2.28. The Morgan fingerprint density at radius 3 is 2.44 bits per heavy atom. The van der Waals surface area contributed by atoms with Gasteiger partial charge in [-0.3, -0.25) is 14.9 Å². The first-order valence-electron chi connectivity index (χ1n) is 6.76. The lowest BCUT2D eigenvalue weighted by Gasteiger charge is -2.41. The molecule has 18 heavy (non-hydrogen) atoms. The number of likely N-dealkylation sites (tertiary alicyclic amines) is 1. The fourth-order valence-electron chi connectivity index (χ4n) is 2.66. The number of aromatic nitrogens is 2. The van der Waals surface area contributed by atoms with Crippen LogP contribution in [-0.2, 0) is 0 Å². The molecule has 1 unspecified atom stereocenters. The summed E-state index contributed by atoms with van der Waals surface area (Å²) in [6, 6.07) is 0.361.